The van der Waals surface area contributed by atoms with Crippen molar-refractivity contribution in [1.82, 2.24) is 10.2 Å². The lowest BCUT2D eigenvalue weighted by atomic mass is 10.0. The molecule has 0 aliphatic carbocycles. The van der Waals surface area contributed by atoms with Crippen LogP contribution in [0, 0.1) is 12.7 Å². The van der Waals surface area contributed by atoms with Gasteiger partial charge in [-0.3, -0.25) is 9.59 Å². The van der Waals surface area contributed by atoms with E-state index in [4.69, 9.17) is 0 Å². The van der Waals surface area contributed by atoms with E-state index in [0.29, 0.717) is 0 Å². The van der Waals surface area contributed by atoms with Crippen LogP contribution in [-0.4, -0.2) is 28.8 Å². The largest absolute Gasteiger partial charge is 0.352 e. The molecule has 150 valence electrons. The Balaban J connectivity index is 2.23. The number of aryl methyl sites for hydroxylation is 1. The van der Waals surface area contributed by atoms with Crippen molar-refractivity contribution in [2.24, 2.45) is 0 Å². The number of carbonyl (C=O) groups is 2. The highest BCUT2D eigenvalue weighted by atomic mass is 19.1. The fraction of sp³-hybridized carbons (Fsp3) is 0.391. The van der Waals surface area contributed by atoms with Crippen LogP contribution in [0.25, 0.3) is 0 Å². The van der Waals surface area contributed by atoms with Gasteiger partial charge < -0.3 is 10.2 Å². The van der Waals surface area contributed by atoms with Crippen molar-refractivity contribution in [2.75, 3.05) is 0 Å². The number of benzene rings is 2. The van der Waals surface area contributed by atoms with Crippen LogP contribution in [0.5, 0.6) is 0 Å². The fourth-order valence-electron chi connectivity index (χ4n) is 2.91. The maximum Gasteiger partial charge on any atom is 0.242 e. The molecule has 2 aromatic rings. The minimum Gasteiger partial charge on any atom is -0.352 e. The smallest absolute Gasteiger partial charge is 0.242 e. The summed E-state index contributed by atoms with van der Waals surface area (Å²) in [4.78, 5) is 27.3. The van der Waals surface area contributed by atoms with Crippen molar-refractivity contribution >= 4 is 11.8 Å². The molecule has 0 heterocycles. The summed E-state index contributed by atoms with van der Waals surface area (Å²) in [6, 6.07) is 13.1. The van der Waals surface area contributed by atoms with E-state index in [1.54, 1.807) is 24.0 Å². The van der Waals surface area contributed by atoms with Gasteiger partial charge in [-0.15, -0.1) is 0 Å². The van der Waals surface area contributed by atoms with E-state index in [0.717, 1.165) is 23.1 Å². The second kappa shape index (κ2) is 10.0. The van der Waals surface area contributed by atoms with Crippen molar-refractivity contribution < 1.29 is 14.0 Å². The molecule has 2 atom stereocenters. The summed E-state index contributed by atoms with van der Waals surface area (Å²) in [6.07, 6.45) is 1.03. The topological polar surface area (TPSA) is 49.4 Å². The zero-order chi connectivity index (χ0) is 20.7. The zero-order valence-corrected chi connectivity index (χ0v) is 17.0. The van der Waals surface area contributed by atoms with E-state index in [9.17, 15) is 14.0 Å². The maximum absolute atomic E-state index is 13.2. The van der Waals surface area contributed by atoms with E-state index in [2.05, 4.69) is 5.32 Å². The molecule has 0 saturated heterocycles. The number of hydrogen-bond acceptors (Lipinski definition) is 2. The predicted molar refractivity (Wildman–Crippen MR) is 109 cm³/mol. The first-order valence-corrected chi connectivity index (χ1v) is 9.70. The lowest BCUT2D eigenvalue weighted by Gasteiger charge is -2.30. The van der Waals surface area contributed by atoms with E-state index in [-0.39, 0.29) is 36.6 Å². The molecule has 0 aliphatic heterocycles. The molecule has 2 rings (SSSR count). The van der Waals surface area contributed by atoms with Crippen molar-refractivity contribution in [3.05, 3.63) is 71.0 Å². The first kappa shape index (κ1) is 21.6. The number of carbonyl (C=O) groups excluding carboxylic acids is 2. The van der Waals surface area contributed by atoms with Crippen LogP contribution in [-0.2, 0) is 22.6 Å². The van der Waals surface area contributed by atoms with E-state index < -0.39 is 6.04 Å². The van der Waals surface area contributed by atoms with Crippen LogP contribution in [0.3, 0.4) is 0 Å². The monoisotopic (exact) mass is 384 g/mol. The minimum absolute atomic E-state index is 0.0362. The number of halogens is 1. The van der Waals surface area contributed by atoms with Crippen LogP contribution < -0.4 is 5.32 Å². The predicted octanol–water partition coefficient (Wildman–Crippen LogP) is 4.01. The average molecular weight is 384 g/mol. The number of amides is 2. The van der Waals surface area contributed by atoms with Gasteiger partial charge in [0.1, 0.15) is 11.9 Å². The highest BCUT2D eigenvalue weighted by Gasteiger charge is 2.27. The SMILES string of the molecule is CCC(C)NC(=O)C(C)N(Cc1ccc(F)cc1)C(=O)Cc1ccccc1C. The highest BCUT2D eigenvalue weighted by Crippen LogP contribution is 2.15. The van der Waals surface area contributed by atoms with Gasteiger partial charge in [0.05, 0.1) is 6.42 Å². The zero-order valence-electron chi connectivity index (χ0n) is 17.0. The summed E-state index contributed by atoms with van der Waals surface area (Å²) in [5, 5.41) is 2.94. The van der Waals surface area contributed by atoms with Crippen LogP contribution in [0.1, 0.15) is 43.9 Å². The molecule has 0 radical (unpaired) electrons. The normalized spacial score (nSPS) is 12.9. The molecule has 0 bridgehead atoms. The molecule has 0 fully saturated rings. The molecule has 0 aromatic heterocycles. The number of hydrogen-bond donors (Lipinski definition) is 1. The third-order valence-electron chi connectivity index (χ3n) is 5.04. The van der Waals surface area contributed by atoms with Gasteiger partial charge in [0.15, 0.2) is 0 Å². The Bertz CT molecular complexity index is 805. The standard InChI is InChI=1S/C23H29FN2O2/c1-5-17(3)25-23(28)18(4)26(15-19-10-12-21(24)13-11-19)22(27)14-20-9-7-6-8-16(20)2/h6-13,17-18H,5,14-15H2,1-4H3,(H,25,28). The van der Waals surface area contributed by atoms with Crippen LogP contribution >= 0.6 is 0 Å². The molecule has 1 N–H and O–H groups in total. The second-order valence-electron chi connectivity index (χ2n) is 7.25. The van der Waals surface area contributed by atoms with Crippen molar-refractivity contribution in [2.45, 2.75) is 59.2 Å². The number of nitrogens with one attached hydrogen (secondary N) is 1. The molecule has 2 amide bonds. The van der Waals surface area contributed by atoms with Crippen molar-refractivity contribution in [3.63, 3.8) is 0 Å². The Morgan fingerprint density at radius 3 is 2.32 bits per heavy atom. The van der Waals surface area contributed by atoms with Gasteiger partial charge in [0.25, 0.3) is 0 Å². The molecule has 0 saturated carbocycles. The molecule has 0 spiro atoms. The lowest BCUT2D eigenvalue weighted by molar-refractivity contribution is -0.140. The molecule has 0 aliphatic rings. The summed E-state index contributed by atoms with van der Waals surface area (Å²) in [6.45, 7) is 7.88. The summed E-state index contributed by atoms with van der Waals surface area (Å²) in [5.74, 6) is -0.649. The van der Waals surface area contributed by atoms with Gasteiger partial charge in [-0.2, -0.15) is 0 Å². The highest BCUT2D eigenvalue weighted by molar-refractivity contribution is 5.88. The van der Waals surface area contributed by atoms with Gasteiger partial charge in [-0.05, 0) is 56.0 Å². The van der Waals surface area contributed by atoms with Gasteiger partial charge in [0.2, 0.25) is 11.8 Å². The maximum atomic E-state index is 13.2. The Kier molecular flexibility index (Phi) is 7.73. The van der Waals surface area contributed by atoms with Crippen molar-refractivity contribution in [3.8, 4) is 0 Å². The summed E-state index contributed by atoms with van der Waals surface area (Å²) < 4.78 is 13.2. The van der Waals surface area contributed by atoms with Crippen molar-refractivity contribution in [1.29, 1.82) is 0 Å². The fourth-order valence-corrected chi connectivity index (χ4v) is 2.91. The Labute approximate surface area is 166 Å². The molecule has 2 aromatic carbocycles. The first-order valence-electron chi connectivity index (χ1n) is 9.70. The molecule has 5 heteroatoms. The molecule has 2 unspecified atom stereocenters. The minimum atomic E-state index is -0.629. The quantitative estimate of drug-likeness (QED) is 0.748. The van der Waals surface area contributed by atoms with E-state index in [1.165, 1.54) is 12.1 Å². The van der Waals surface area contributed by atoms with Gasteiger partial charge >= 0.3 is 0 Å². The lowest BCUT2D eigenvalue weighted by Crippen LogP contribution is -2.49. The third kappa shape index (κ3) is 5.91. The number of rotatable bonds is 8. The van der Waals surface area contributed by atoms with Crippen LogP contribution in [0.15, 0.2) is 48.5 Å². The van der Waals surface area contributed by atoms with Gasteiger partial charge in [-0.25, -0.2) is 4.39 Å². The summed E-state index contributed by atoms with van der Waals surface area (Å²) in [5.41, 5.74) is 2.75. The van der Waals surface area contributed by atoms with Gasteiger partial charge in [0, 0.05) is 12.6 Å². The Morgan fingerprint density at radius 1 is 1.07 bits per heavy atom. The van der Waals surface area contributed by atoms with Crippen LogP contribution in [0.4, 0.5) is 4.39 Å². The average Bonchev–Trinajstić information content (AvgIpc) is 2.68. The first-order chi connectivity index (χ1) is 13.3. The molecule has 4 nitrogen and oxygen atoms in total. The Morgan fingerprint density at radius 2 is 1.71 bits per heavy atom. The van der Waals surface area contributed by atoms with Crippen LogP contribution in [0.2, 0.25) is 0 Å². The number of nitrogens with zero attached hydrogens (tertiary/aromatic N) is 1. The summed E-state index contributed by atoms with van der Waals surface area (Å²) >= 11 is 0. The van der Waals surface area contributed by atoms with E-state index >= 15 is 0 Å². The third-order valence-corrected chi connectivity index (χ3v) is 5.04. The molecular weight excluding hydrogens is 355 g/mol. The Hall–Kier alpha value is -2.69. The summed E-state index contributed by atoms with van der Waals surface area (Å²) in [7, 11) is 0. The second-order valence-corrected chi connectivity index (χ2v) is 7.25. The molecule has 28 heavy (non-hydrogen) atoms. The van der Waals surface area contributed by atoms with Gasteiger partial charge in [-0.1, -0.05) is 43.3 Å². The molecular formula is C23H29FN2O2. The van der Waals surface area contributed by atoms with E-state index in [1.807, 2.05) is 45.0 Å².